The largest absolute Gasteiger partial charge is 0.475 e. The van der Waals surface area contributed by atoms with Crippen molar-refractivity contribution in [2.75, 3.05) is 0 Å². The lowest BCUT2D eigenvalue weighted by Crippen LogP contribution is -2.03. The van der Waals surface area contributed by atoms with Crippen LogP contribution in [0.15, 0.2) is 40.8 Å². The predicted molar refractivity (Wildman–Crippen MR) is 65.2 cm³/mol. The first-order valence-electron chi connectivity index (χ1n) is 5.17. The van der Waals surface area contributed by atoms with E-state index in [1.54, 1.807) is 24.3 Å². The normalized spacial score (nSPS) is 10.3. The van der Waals surface area contributed by atoms with Crippen molar-refractivity contribution >= 4 is 23.4 Å². The van der Waals surface area contributed by atoms with Crippen molar-refractivity contribution in [3.63, 3.8) is 0 Å². The molecule has 0 fully saturated rings. The predicted octanol–water partition coefficient (Wildman–Crippen LogP) is 3.06. The van der Waals surface area contributed by atoms with Gasteiger partial charge in [-0.2, -0.15) is 0 Å². The second kappa shape index (κ2) is 5.06. The number of hydrogen-bond donors (Lipinski definition) is 1. The van der Waals surface area contributed by atoms with Gasteiger partial charge in [-0.15, -0.1) is 0 Å². The van der Waals surface area contributed by atoms with Gasteiger partial charge in [0.05, 0.1) is 0 Å². The number of aromatic carboxylic acids is 1. The van der Waals surface area contributed by atoms with E-state index in [0.717, 1.165) is 0 Å². The van der Waals surface area contributed by atoms with E-state index < -0.39 is 5.97 Å². The molecule has 0 saturated heterocycles. The third-order valence-electron chi connectivity index (χ3n) is 2.40. The first kappa shape index (κ1) is 12.4. The lowest BCUT2D eigenvalue weighted by molar-refractivity contribution is 0.0660. The first-order chi connectivity index (χ1) is 8.58. The third kappa shape index (κ3) is 2.60. The van der Waals surface area contributed by atoms with E-state index in [1.165, 1.54) is 12.1 Å². The van der Waals surface area contributed by atoms with Crippen molar-refractivity contribution in [3.8, 4) is 0 Å². The Bertz CT molecular complexity index is 601. The van der Waals surface area contributed by atoms with E-state index in [1.807, 2.05) is 0 Å². The van der Waals surface area contributed by atoms with E-state index in [2.05, 4.69) is 0 Å². The molecule has 18 heavy (non-hydrogen) atoms. The molecule has 92 valence electrons. The van der Waals surface area contributed by atoms with Crippen molar-refractivity contribution in [1.29, 1.82) is 0 Å². The van der Waals surface area contributed by atoms with Gasteiger partial charge in [0, 0.05) is 11.4 Å². The minimum atomic E-state index is -1.20. The van der Waals surface area contributed by atoms with Crippen LogP contribution in [-0.4, -0.2) is 16.9 Å². The summed E-state index contributed by atoms with van der Waals surface area (Å²) in [6.45, 7) is 0. The molecule has 5 heteroatoms. The molecule has 1 aromatic carbocycles. The number of halogens is 1. The third-order valence-corrected chi connectivity index (χ3v) is 2.77. The average Bonchev–Trinajstić information content (AvgIpc) is 2.81. The second-order valence-corrected chi connectivity index (χ2v) is 4.07. The maximum Gasteiger partial charge on any atom is 0.371 e. The lowest BCUT2D eigenvalue weighted by Gasteiger charge is -2.01. The van der Waals surface area contributed by atoms with Crippen LogP contribution >= 0.6 is 11.6 Å². The fraction of sp³-hybridized carbons (Fsp3) is 0.0769. The zero-order chi connectivity index (χ0) is 13.1. The van der Waals surface area contributed by atoms with Gasteiger partial charge < -0.3 is 9.52 Å². The molecule has 0 aliphatic carbocycles. The molecule has 0 aliphatic heterocycles. The fourth-order valence-electron chi connectivity index (χ4n) is 1.50. The number of hydrogen-bond acceptors (Lipinski definition) is 3. The number of benzene rings is 1. The maximum absolute atomic E-state index is 11.9. The van der Waals surface area contributed by atoms with Crippen molar-refractivity contribution in [1.82, 2.24) is 0 Å². The number of ketones is 1. The molecule has 0 atom stereocenters. The van der Waals surface area contributed by atoms with E-state index in [0.29, 0.717) is 10.6 Å². The van der Waals surface area contributed by atoms with Crippen LogP contribution < -0.4 is 0 Å². The topological polar surface area (TPSA) is 67.5 Å². The van der Waals surface area contributed by atoms with Gasteiger partial charge in [0.2, 0.25) is 11.5 Å². The molecule has 0 saturated carbocycles. The molecule has 0 spiro atoms. The van der Waals surface area contributed by atoms with Crippen molar-refractivity contribution in [2.45, 2.75) is 6.42 Å². The summed E-state index contributed by atoms with van der Waals surface area (Å²) < 4.78 is 4.93. The molecule has 0 unspecified atom stereocenters. The molecule has 0 radical (unpaired) electrons. The molecule has 0 bridgehead atoms. The number of carbonyl (C=O) groups excluding carboxylic acids is 1. The highest BCUT2D eigenvalue weighted by Gasteiger charge is 2.16. The Morgan fingerprint density at radius 1 is 1.11 bits per heavy atom. The van der Waals surface area contributed by atoms with Gasteiger partial charge >= 0.3 is 5.97 Å². The van der Waals surface area contributed by atoms with Crippen LogP contribution in [-0.2, 0) is 6.42 Å². The van der Waals surface area contributed by atoms with Gasteiger partial charge in [-0.3, -0.25) is 4.79 Å². The van der Waals surface area contributed by atoms with Crippen molar-refractivity contribution in [2.24, 2.45) is 0 Å². The molecule has 0 aliphatic rings. The van der Waals surface area contributed by atoms with Crippen LogP contribution in [0.25, 0.3) is 0 Å². The number of carboxylic acids is 1. The average molecular weight is 265 g/mol. The smallest absolute Gasteiger partial charge is 0.371 e. The van der Waals surface area contributed by atoms with Gasteiger partial charge in [0.25, 0.3) is 0 Å². The zero-order valence-electron chi connectivity index (χ0n) is 9.22. The summed E-state index contributed by atoms with van der Waals surface area (Å²) in [5, 5.41) is 9.18. The Morgan fingerprint density at radius 2 is 1.78 bits per heavy atom. The quantitative estimate of drug-likeness (QED) is 0.862. The Kier molecular flexibility index (Phi) is 3.48. The van der Waals surface area contributed by atoms with Crippen LogP contribution in [0.5, 0.6) is 0 Å². The summed E-state index contributed by atoms with van der Waals surface area (Å²) in [7, 11) is 0. The van der Waals surface area contributed by atoms with E-state index >= 15 is 0 Å². The molecule has 2 aromatic rings. The van der Waals surface area contributed by atoms with Crippen molar-refractivity contribution < 1.29 is 19.1 Å². The highest BCUT2D eigenvalue weighted by molar-refractivity contribution is 6.31. The highest BCUT2D eigenvalue weighted by atomic mass is 35.5. The van der Waals surface area contributed by atoms with Gasteiger partial charge in [-0.05, 0) is 23.8 Å². The second-order valence-electron chi connectivity index (χ2n) is 3.66. The summed E-state index contributed by atoms with van der Waals surface area (Å²) in [4.78, 5) is 22.5. The van der Waals surface area contributed by atoms with Gasteiger partial charge in [-0.1, -0.05) is 29.8 Å². The Morgan fingerprint density at radius 3 is 2.39 bits per heavy atom. The summed E-state index contributed by atoms with van der Waals surface area (Å²) in [5.41, 5.74) is 0.678. The fourth-order valence-corrected chi connectivity index (χ4v) is 1.71. The Labute approximate surface area is 108 Å². The molecule has 1 N–H and O–H groups in total. The number of furan rings is 1. The summed E-state index contributed by atoms with van der Waals surface area (Å²) in [6, 6.07) is 9.58. The maximum atomic E-state index is 11.9. The first-order valence-corrected chi connectivity index (χ1v) is 5.55. The van der Waals surface area contributed by atoms with Crippen LogP contribution in [0.4, 0.5) is 0 Å². The zero-order valence-corrected chi connectivity index (χ0v) is 9.98. The van der Waals surface area contributed by atoms with E-state index in [-0.39, 0.29) is 23.7 Å². The van der Waals surface area contributed by atoms with Crippen LogP contribution in [0.3, 0.4) is 0 Å². The van der Waals surface area contributed by atoms with Crippen LogP contribution in [0.1, 0.15) is 26.7 Å². The number of carboxylic acid groups (broad SMARTS) is 1. The van der Waals surface area contributed by atoms with Crippen LogP contribution in [0, 0.1) is 0 Å². The number of carbonyl (C=O) groups is 2. The molecule has 1 heterocycles. The van der Waals surface area contributed by atoms with Gasteiger partial charge in [-0.25, -0.2) is 4.79 Å². The highest BCUT2D eigenvalue weighted by Crippen LogP contribution is 2.18. The van der Waals surface area contributed by atoms with Gasteiger partial charge in [0.15, 0.2) is 5.76 Å². The Balaban J connectivity index is 2.17. The minimum absolute atomic E-state index is 0.0207. The standard InChI is InChI=1S/C13H9ClO4/c14-9-4-2-1-3-8(9)7-10(15)11-5-6-12(18-11)13(16)17/h1-6H,7H2,(H,16,17). The van der Waals surface area contributed by atoms with E-state index in [4.69, 9.17) is 21.1 Å². The van der Waals surface area contributed by atoms with Crippen molar-refractivity contribution in [3.05, 3.63) is 58.5 Å². The summed E-state index contributed by atoms with van der Waals surface area (Å²) in [6.07, 6.45) is 0.0756. The molecule has 1 aromatic heterocycles. The molecular weight excluding hydrogens is 256 g/mol. The minimum Gasteiger partial charge on any atom is -0.475 e. The number of Topliss-reactive ketones (excluding diaryl/α,β-unsaturated/α-hetero) is 1. The molecule has 0 amide bonds. The van der Waals surface area contributed by atoms with Gasteiger partial charge in [0.1, 0.15) is 0 Å². The number of rotatable bonds is 4. The Hall–Kier alpha value is -2.07. The lowest BCUT2D eigenvalue weighted by atomic mass is 10.1. The SMILES string of the molecule is O=C(O)c1ccc(C(=O)Cc2ccccc2Cl)o1. The molecular formula is C13H9ClO4. The summed E-state index contributed by atoms with van der Waals surface area (Å²) in [5.74, 6) is -1.74. The molecule has 2 rings (SSSR count). The van der Waals surface area contributed by atoms with Crippen LogP contribution in [0.2, 0.25) is 5.02 Å². The molecule has 4 nitrogen and oxygen atoms in total. The summed E-state index contributed by atoms with van der Waals surface area (Å²) >= 11 is 5.93. The monoisotopic (exact) mass is 264 g/mol. The van der Waals surface area contributed by atoms with E-state index in [9.17, 15) is 9.59 Å².